The first kappa shape index (κ1) is 18.6. The van der Waals surface area contributed by atoms with Crippen LogP contribution in [0.25, 0.3) is 0 Å². The second kappa shape index (κ2) is 7.90. The Morgan fingerprint density at radius 3 is 2.44 bits per heavy atom. The number of aromatic nitrogens is 3. The Balaban J connectivity index is 0.00000225. The molecule has 1 unspecified atom stereocenters. The third kappa shape index (κ3) is 4.22. The molecule has 25 heavy (non-hydrogen) atoms. The van der Waals surface area contributed by atoms with Gasteiger partial charge in [-0.05, 0) is 36.2 Å². The number of halogens is 2. The number of rotatable bonds is 4. The molecular formula is C18H19ClFN5. The molecule has 0 fully saturated rings. The van der Waals surface area contributed by atoms with Gasteiger partial charge in [-0.1, -0.05) is 19.1 Å². The van der Waals surface area contributed by atoms with Crippen molar-refractivity contribution in [1.82, 2.24) is 15.0 Å². The number of anilines is 3. The zero-order chi connectivity index (χ0) is 17.1. The van der Waals surface area contributed by atoms with Crippen LogP contribution in [0, 0.1) is 12.7 Å². The zero-order valence-electron chi connectivity index (χ0n) is 13.9. The topological polar surface area (TPSA) is 76.7 Å². The summed E-state index contributed by atoms with van der Waals surface area (Å²) in [4.78, 5) is 12.6. The summed E-state index contributed by atoms with van der Waals surface area (Å²) < 4.78 is 13.1. The summed E-state index contributed by atoms with van der Waals surface area (Å²) in [5.74, 6) is 1.42. The van der Waals surface area contributed by atoms with Crippen molar-refractivity contribution < 1.29 is 4.39 Å². The third-order valence-electron chi connectivity index (χ3n) is 3.92. The van der Waals surface area contributed by atoms with Crippen molar-refractivity contribution in [3.63, 3.8) is 0 Å². The number of aryl methyl sites for hydroxylation is 1. The van der Waals surface area contributed by atoms with Crippen LogP contribution in [-0.2, 0) is 0 Å². The van der Waals surface area contributed by atoms with E-state index in [2.05, 4.69) is 20.3 Å². The Hall–Kier alpha value is -2.73. The van der Waals surface area contributed by atoms with Gasteiger partial charge in [-0.2, -0.15) is 0 Å². The molecule has 7 heteroatoms. The summed E-state index contributed by atoms with van der Waals surface area (Å²) in [7, 11) is 0. The molecule has 1 aromatic carbocycles. The summed E-state index contributed by atoms with van der Waals surface area (Å²) in [6.45, 7) is 4.01. The van der Waals surface area contributed by atoms with Crippen molar-refractivity contribution >= 4 is 29.9 Å². The van der Waals surface area contributed by atoms with Crippen molar-refractivity contribution in [2.75, 3.05) is 11.1 Å². The van der Waals surface area contributed by atoms with E-state index in [1.165, 1.54) is 12.1 Å². The Labute approximate surface area is 152 Å². The van der Waals surface area contributed by atoms with Crippen LogP contribution >= 0.6 is 12.4 Å². The maximum atomic E-state index is 13.1. The number of hydrogen-bond acceptors (Lipinski definition) is 5. The van der Waals surface area contributed by atoms with Crippen LogP contribution in [0.5, 0.6) is 0 Å². The maximum absolute atomic E-state index is 13.1. The lowest BCUT2D eigenvalue weighted by Gasteiger charge is -2.18. The first-order valence-electron chi connectivity index (χ1n) is 7.60. The number of nitrogens with two attached hydrogens (primary N) is 1. The SMILES string of the molecule is Cc1cc(Nc2cnccn2)nc(N)c1C(C)c1ccc(F)cc1.Cl. The van der Waals surface area contributed by atoms with Crippen molar-refractivity contribution in [3.05, 3.63) is 71.4 Å². The van der Waals surface area contributed by atoms with Gasteiger partial charge >= 0.3 is 0 Å². The normalized spacial score (nSPS) is 11.5. The van der Waals surface area contributed by atoms with E-state index < -0.39 is 0 Å². The van der Waals surface area contributed by atoms with Gasteiger partial charge in [0.05, 0.1) is 6.20 Å². The van der Waals surface area contributed by atoms with Gasteiger partial charge in [0, 0.05) is 23.9 Å². The van der Waals surface area contributed by atoms with E-state index >= 15 is 0 Å². The fourth-order valence-corrected chi connectivity index (χ4v) is 2.75. The van der Waals surface area contributed by atoms with E-state index in [-0.39, 0.29) is 24.1 Å². The molecule has 0 bridgehead atoms. The first-order chi connectivity index (χ1) is 11.5. The fourth-order valence-electron chi connectivity index (χ4n) is 2.75. The quantitative estimate of drug-likeness (QED) is 0.729. The number of nitrogen functional groups attached to an aromatic ring is 1. The summed E-state index contributed by atoms with van der Waals surface area (Å²) in [5.41, 5.74) is 9.11. The van der Waals surface area contributed by atoms with Gasteiger partial charge in [-0.3, -0.25) is 4.98 Å². The highest BCUT2D eigenvalue weighted by atomic mass is 35.5. The number of nitrogens with one attached hydrogen (secondary N) is 1. The number of nitrogens with zero attached hydrogens (tertiary/aromatic N) is 3. The van der Waals surface area contributed by atoms with Crippen molar-refractivity contribution in [2.24, 2.45) is 0 Å². The lowest BCUT2D eigenvalue weighted by molar-refractivity contribution is 0.626. The highest BCUT2D eigenvalue weighted by Crippen LogP contribution is 2.32. The smallest absolute Gasteiger partial charge is 0.150 e. The molecule has 0 amide bonds. The molecule has 5 nitrogen and oxygen atoms in total. The van der Waals surface area contributed by atoms with Gasteiger partial charge in [0.15, 0.2) is 0 Å². The van der Waals surface area contributed by atoms with Crippen LogP contribution in [0.4, 0.5) is 21.8 Å². The summed E-state index contributed by atoms with van der Waals surface area (Å²) in [5, 5.41) is 3.08. The molecule has 2 heterocycles. The maximum Gasteiger partial charge on any atom is 0.150 e. The van der Waals surface area contributed by atoms with Crippen molar-refractivity contribution in [3.8, 4) is 0 Å². The molecule has 0 radical (unpaired) electrons. The second-order valence-corrected chi connectivity index (χ2v) is 5.61. The molecular weight excluding hydrogens is 341 g/mol. The van der Waals surface area contributed by atoms with Gasteiger partial charge in [0.1, 0.15) is 23.3 Å². The molecule has 1 atom stereocenters. The van der Waals surface area contributed by atoms with E-state index in [4.69, 9.17) is 5.73 Å². The van der Waals surface area contributed by atoms with Crippen LogP contribution in [0.1, 0.15) is 29.5 Å². The summed E-state index contributed by atoms with van der Waals surface area (Å²) >= 11 is 0. The Morgan fingerprint density at radius 2 is 1.84 bits per heavy atom. The van der Waals surface area contributed by atoms with Crippen LogP contribution in [-0.4, -0.2) is 15.0 Å². The van der Waals surface area contributed by atoms with E-state index in [1.807, 2.05) is 19.9 Å². The molecule has 0 aliphatic carbocycles. The average molecular weight is 360 g/mol. The van der Waals surface area contributed by atoms with E-state index in [0.29, 0.717) is 17.5 Å². The minimum absolute atomic E-state index is 0. The molecule has 0 aliphatic heterocycles. The van der Waals surface area contributed by atoms with Crippen LogP contribution in [0.3, 0.4) is 0 Å². The Kier molecular flexibility index (Phi) is 5.88. The van der Waals surface area contributed by atoms with Gasteiger partial charge in [0.2, 0.25) is 0 Å². The van der Waals surface area contributed by atoms with Gasteiger partial charge < -0.3 is 11.1 Å². The zero-order valence-corrected chi connectivity index (χ0v) is 14.7. The Bertz CT molecular complexity index is 817. The first-order valence-corrected chi connectivity index (χ1v) is 7.60. The lowest BCUT2D eigenvalue weighted by Crippen LogP contribution is -2.08. The van der Waals surface area contributed by atoms with Crippen LogP contribution in [0.2, 0.25) is 0 Å². The second-order valence-electron chi connectivity index (χ2n) is 5.61. The fraction of sp³-hybridized carbons (Fsp3) is 0.167. The highest BCUT2D eigenvalue weighted by molar-refractivity contribution is 5.85. The molecule has 3 rings (SSSR count). The molecule has 0 aliphatic rings. The summed E-state index contributed by atoms with van der Waals surface area (Å²) in [6.07, 6.45) is 4.82. The minimum atomic E-state index is -0.253. The van der Waals surface area contributed by atoms with E-state index in [0.717, 1.165) is 16.7 Å². The van der Waals surface area contributed by atoms with Gasteiger partial charge in [0.25, 0.3) is 0 Å². The van der Waals surface area contributed by atoms with E-state index in [1.54, 1.807) is 30.7 Å². The molecule has 2 aromatic heterocycles. The lowest BCUT2D eigenvalue weighted by atomic mass is 9.90. The van der Waals surface area contributed by atoms with Crippen LogP contribution < -0.4 is 11.1 Å². The predicted molar refractivity (Wildman–Crippen MR) is 99.9 cm³/mol. The third-order valence-corrected chi connectivity index (χ3v) is 3.92. The predicted octanol–water partition coefficient (Wildman–Crippen LogP) is 4.22. The minimum Gasteiger partial charge on any atom is -0.383 e. The molecule has 0 saturated heterocycles. The monoisotopic (exact) mass is 359 g/mol. The molecule has 3 N–H and O–H groups in total. The van der Waals surface area contributed by atoms with Gasteiger partial charge in [-0.25, -0.2) is 14.4 Å². The highest BCUT2D eigenvalue weighted by Gasteiger charge is 2.16. The van der Waals surface area contributed by atoms with Crippen LogP contribution in [0.15, 0.2) is 48.9 Å². The Morgan fingerprint density at radius 1 is 1.12 bits per heavy atom. The molecule has 0 saturated carbocycles. The molecule has 3 aromatic rings. The van der Waals surface area contributed by atoms with Gasteiger partial charge in [-0.15, -0.1) is 12.4 Å². The largest absolute Gasteiger partial charge is 0.383 e. The number of benzene rings is 1. The summed E-state index contributed by atoms with van der Waals surface area (Å²) in [6, 6.07) is 8.36. The molecule has 130 valence electrons. The molecule has 0 spiro atoms. The van der Waals surface area contributed by atoms with Crippen molar-refractivity contribution in [2.45, 2.75) is 19.8 Å². The standard InChI is InChI=1S/C18H18FN5.ClH/c1-11-9-15(23-16-10-21-7-8-22-16)24-18(20)17(11)12(2)13-3-5-14(19)6-4-13;/h3-10,12H,1-2H3,(H3,20,22,23,24);1H. The number of hydrogen-bond donors (Lipinski definition) is 2. The number of pyridine rings is 1. The van der Waals surface area contributed by atoms with E-state index in [9.17, 15) is 4.39 Å². The van der Waals surface area contributed by atoms with Crippen molar-refractivity contribution in [1.29, 1.82) is 0 Å². The average Bonchev–Trinajstić information content (AvgIpc) is 2.55.